The highest BCUT2D eigenvalue weighted by Crippen LogP contribution is 2.38. The van der Waals surface area contributed by atoms with Crippen LogP contribution in [0.15, 0.2) is 73.3 Å². The first-order valence-corrected chi connectivity index (χ1v) is 11.0. The number of nitrogens with zero attached hydrogens (tertiary/aromatic N) is 3. The molecule has 0 radical (unpaired) electrons. The Hall–Kier alpha value is -4.27. The molecular weight excluding hydrogens is 455 g/mol. The molecule has 0 atom stereocenters. The predicted octanol–water partition coefficient (Wildman–Crippen LogP) is 6.04. The molecule has 0 fully saturated rings. The van der Waals surface area contributed by atoms with Gasteiger partial charge in [-0.25, -0.2) is 15.0 Å². The summed E-state index contributed by atoms with van der Waals surface area (Å²) in [6.45, 7) is 0. The topological polar surface area (TPSA) is 79.8 Å². The number of pyridine rings is 1. The van der Waals surface area contributed by atoms with E-state index in [1.54, 1.807) is 18.2 Å². The number of rotatable bonds is 5. The molecule has 35 heavy (non-hydrogen) atoms. The molecule has 4 aromatic rings. The Morgan fingerprint density at radius 2 is 1.77 bits per heavy atom. The van der Waals surface area contributed by atoms with E-state index in [-0.39, 0.29) is 17.1 Å². The highest BCUT2D eigenvalue weighted by Gasteiger charge is 2.34. The summed E-state index contributed by atoms with van der Waals surface area (Å²) < 4.78 is 41.4. The average molecular weight is 475 g/mol. The van der Waals surface area contributed by atoms with E-state index < -0.39 is 17.6 Å². The number of carbonyl (C=O) groups is 1. The van der Waals surface area contributed by atoms with Gasteiger partial charge in [0.15, 0.2) is 0 Å². The first-order valence-electron chi connectivity index (χ1n) is 11.0. The van der Waals surface area contributed by atoms with Crippen molar-refractivity contribution in [2.75, 3.05) is 10.6 Å². The van der Waals surface area contributed by atoms with E-state index in [4.69, 9.17) is 0 Å². The third-order valence-electron chi connectivity index (χ3n) is 5.86. The number of amides is 1. The van der Waals surface area contributed by atoms with Crippen LogP contribution in [-0.2, 0) is 19.0 Å². The minimum Gasteiger partial charge on any atom is -0.339 e. The zero-order chi connectivity index (χ0) is 24.4. The molecule has 1 aliphatic carbocycles. The number of halogens is 3. The number of anilines is 3. The predicted molar refractivity (Wildman–Crippen MR) is 126 cm³/mol. The molecule has 9 heteroatoms. The number of carbonyl (C=O) groups excluding carboxylic acids is 1. The van der Waals surface area contributed by atoms with Gasteiger partial charge in [0.05, 0.1) is 16.9 Å². The van der Waals surface area contributed by atoms with Crippen LogP contribution in [-0.4, -0.2) is 20.9 Å². The smallest absolute Gasteiger partial charge is 0.339 e. The van der Waals surface area contributed by atoms with Gasteiger partial charge in [0.25, 0.3) is 5.91 Å². The summed E-state index contributed by atoms with van der Waals surface area (Å²) in [5, 5.41) is 5.56. The molecule has 2 aromatic heterocycles. The maximum absolute atomic E-state index is 13.8. The van der Waals surface area contributed by atoms with E-state index in [2.05, 4.69) is 25.6 Å². The fourth-order valence-corrected chi connectivity index (χ4v) is 4.18. The lowest BCUT2D eigenvalue weighted by Crippen LogP contribution is -2.15. The van der Waals surface area contributed by atoms with Crippen molar-refractivity contribution in [1.29, 1.82) is 0 Å². The van der Waals surface area contributed by atoms with Crippen LogP contribution < -0.4 is 10.6 Å². The number of fused-ring (bicyclic) bond motifs is 1. The van der Waals surface area contributed by atoms with E-state index in [9.17, 15) is 18.0 Å². The number of aromatic nitrogens is 3. The van der Waals surface area contributed by atoms with E-state index in [1.165, 1.54) is 42.0 Å². The molecule has 5 rings (SSSR count). The Kier molecular flexibility index (Phi) is 5.90. The van der Waals surface area contributed by atoms with Crippen molar-refractivity contribution in [2.45, 2.75) is 25.4 Å². The molecule has 0 spiro atoms. The lowest BCUT2D eigenvalue weighted by atomic mass is 10.1. The van der Waals surface area contributed by atoms with Crippen molar-refractivity contribution in [3.05, 3.63) is 95.6 Å². The number of aryl methyl sites for hydroxylation is 2. The molecule has 1 aliphatic rings. The molecular formula is C26H20F3N5O. The largest absolute Gasteiger partial charge is 0.418 e. The second kappa shape index (κ2) is 9.17. The van der Waals surface area contributed by atoms with Gasteiger partial charge in [0.1, 0.15) is 12.1 Å². The van der Waals surface area contributed by atoms with Crippen LogP contribution in [0.25, 0.3) is 11.3 Å². The van der Waals surface area contributed by atoms with E-state index in [0.717, 1.165) is 25.3 Å². The number of hydrogen-bond donors (Lipinski definition) is 2. The van der Waals surface area contributed by atoms with Crippen LogP contribution in [0.2, 0.25) is 0 Å². The highest BCUT2D eigenvalue weighted by atomic mass is 19.4. The SMILES string of the molecule is O=C(Nc1ccc2c(c1)CCC2)c1ccc(C(F)(F)F)c(Nc2ncccc2-c2ccncn2)c1. The maximum Gasteiger partial charge on any atom is 0.418 e. The van der Waals surface area contributed by atoms with Crippen molar-refractivity contribution in [3.8, 4) is 11.3 Å². The first kappa shape index (κ1) is 22.5. The number of nitrogens with one attached hydrogen (secondary N) is 2. The van der Waals surface area contributed by atoms with Gasteiger partial charge in [0, 0.05) is 29.2 Å². The third-order valence-corrected chi connectivity index (χ3v) is 5.86. The minimum atomic E-state index is -4.64. The quantitative estimate of drug-likeness (QED) is 0.368. The first-order chi connectivity index (χ1) is 16.9. The van der Waals surface area contributed by atoms with Crippen molar-refractivity contribution >= 4 is 23.1 Å². The molecule has 0 aliphatic heterocycles. The fraction of sp³-hybridized carbons (Fsp3) is 0.154. The second-order valence-electron chi connectivity index (χ2n) is 8.17. The van der Waals surface area contributed by atoms with Crippen LogP contribution in [0.4, 0.5) is 30.4 Å². The number of alkyl halides is 3. The van der Waals surface area contributed by atoms with Gasteiger partial charge in [-0.2, -0.15) is 13.2 Å². The Morgan fingerprint density at radius 1 is 0.914 bits per heavy atom. The lowest BCUT2D eigenvalue weighted by molar-refractivity contribution is -0.136. The van der Waals surface area contributed by atoms with Crippen LogP contribution in [0.3, 0.4) is 0 Å². The Labute approximate surface area is 199 Å². The zero-order valence-corrected chi connectivity index (χ0v) is 18.4. The van der Waals surface area contributed by atoms with Gasteiger partial charge in [-0.1, -0.05) is 6.07 Å². The van der Waals surface area contributed by atoms with Gasteiger partial charge >= 0.3 is 6.18 Å². The summed E-state index contributed by atoms with van der Waals surface area (Å²) in [6.07, 6.45) is 2.74. The van der Waals surface area contributed by atoms with Crippen molar-refractivity contribution in [1.82, 2.24) is 15.0 Å². The molecule has 176 valence electrons. The zero-order valence-electron chi connectivity index (χ0n) is 18.4. The molecule has 1 amide bonds. The van der Waals surface area contributed by atoms with E-state index >= 15 is 0 Å². The van der Waals surface area contributed by atoms with Gasteiger partial charge in [-0.3, -0.25) is 4.79 Å². The molecule has 0 bridgehead atoms. The molecule has 0 unspecified atom stereocenters. The van der Waals surface area contributed by atoms with Gasteiger partial charge in [-0.15, -0.1) is 0 Å². The average Bonchev–Trinajstić information content (AvgIpc) is 3.32. The summed E-state index contributed by atoms with van der Waals surface area (Å²) in [6, 6.07) is 13.9. The van der Waals surface area contributed by atoms with Gasteiger partial charge < -0.3 is 10.6 Å². The number of benzene rings is 2. The summed E-state index contributed by atoms with van der Waals surface area (Å²) in [5.74, 6) is -0.329. The summed E-state index contributed by atoms with van der Waals surface area (Å²) in [4.78, 5) is 25.2. The van der Waals surface area contributed by atoms with E-state index in [1.807, 2.05) is 18.2 Å². The van der Waals surface area contributed by atoms with Crippen LogP contribution >= 0.6 is 0 Å². The molecule has 6 nitrogen and oxygen atoms in total. The second-order valence-corrected chi connectivity index (χ2v) is 8.17. The van der Waals surface area contributed by atoms with Crippen molar-refractivity contribution in [3.63, 3.8) is 0 Å². The highest BCUT2D eigenvalue weighted by molar-refractivity contribution is 6.05. The molecule has 0 saturated carbocycles. The minimum absolute atomic E-state index is 0.0838. The molecule has 2 aromatic carbocycles. The van der Waals surface area contributed by atoms with Gasteiger partial charge in [0.2, 0.25) is 0 Å². The summed E-state index contributed by atoms with van der Waals surface area (Å²) in [5.41, 5.74) is 2.94. The van der Waals surface area contributed by atoms with Crippen LogP contribution in [0.1, 0.15) is 33.5 Å². The molecule has 2 N–H and O–H groups in total. The van der Waals surface area contributed by atoms with Crippen LogP contribution in [0, 0.1) is 0 Å². The number of hydrogen-bond acceptors (Lipinski definition) is 5. The van der Waals surface area contributed by atoms with Crippen LogP contribution in [0.5, 0.6) is 0 Å². The summed E-state index contributed by atoms with van der Waals surface area (Å²) in [7, 11) is 0. The maximum atomic E-state index is 13.8. The van der Waals surface area contributed by atoms with Crippen molar-refractivity contribution < 1.29 is 18.0 Å². The fourth-order valence-electron chi connectivity index (χ4n) is 4.18. The third kappa shape index (κ3) is 4.84. The monoisotopic (exact) mass is 475 g/mol. The summed E-state index contributed by atoms with van der Waals surface area (Å²) >= 11 is 0. The van der Waals surface area contributed by atoms with Crippen molar-refractivity contribution in [2.24, 2.45) is 0 Å². The molecule has 0 saturated heterocycles. The Morgan fingerprint density at radius 3 is 2.57 bits per heavy atom. The molecule has 2 heterocycles. The Bertz CT molecular complexity index is 1390. The lowest BCUT2D eigenvalue weighted by Gasteiger charge is -2.17. The normalized spacial score (nSPS) is 12.8. The van der Waals surface area contributed by atoms with E-state index in [0.29, 0.717) is 16.9 Å². The Balaban J connectivity index is 1.47. The standard InChI is InChI=1S/C26H20F3N5O/c27-26(28,29)21-9-7-18(25(35)33-19-8-6-16-3-1-4-17(16)13-19)14-23(21)34-24-20(5-2-11-31-24)22-10-12-30-15-32-22/h2,5-15H,1,3-4H2,(H,31,34)(H,33,35). The van der Waals surface area contributed by atoms with Gasteiger partial charge in [-0.05, 0) is 78.9 Å².